The Hall–Kier alpha value is -3.45. The molecule has 4 aromatic rings. The van der Waals surface area contributed by atoms with Crippen molar-refractivity contribution in [3.05, 3.63) is 92.6 Å². The Morgan fingerprint density at radius 2 is 1.71 bits per heavy atom. The highest BCUT2D eigenvalue weighted by molar-refractivity contribution is 9.13. The number of benzene rings is 3. The maximum Gasteiger partial charge on any atom is 0.426 e. The lowest BCUT2D eigenvalue weighted by Gasteiger charge is -2.37. The van der Waals surface area contributed by atoms with Crippen molar-refractivity contribution in [1.29, 1.82) is 0 Å². The molecule has 2 N–H and O–H groups in total. The molecule has 12 heteroatoms. The van der Waals surface area contributed by atoms with Crippen molar-refractivity contribution < 1.29 is 14.4 Å². The van der Waals surface area contributed by atoms with Crippen LogP contribution in [0.1, 0.15) is 48.7 Å². The molecule has 0 bridgehead atoms. The Morgan fingerprint density at radius 1 is 0.959 bits per heavy atom. The summed E-state index contributed by atoms with van der Waals surface area (Å²) in [5.74, 6) is 1.37. The molecule has 7 rings (SSSR count). The molecule has 10 nitrogen and oxygen atoms in total. The second kappa shape index (κ2) is 15.2. The Morgan fingerprint density at radius 3 is 2.51 bits per heavy atom. The standard InChI is InChI=1S/C37H43Br2N7O3/c1-43-17-12-25(13-18-43)24-46-34-9-5-4-8-32(34)40-35(46)33(23-26-10-11-29(38)30(39)22-26)42-37(48)49-44-19-15-28(16-20-44)45-21-14-27-6-2-3-7-31(27)41-36(45)47/h2-11,22,25,28,33H,12-21,23-24H2,1H3,(H,41,47)(H,42,48). The van der Waals surface area contributed by atoms with E-state index < -0.39 is 12.1 Å². The summed E-state index contributed by atoms with van der Waals surface area (Å²) in [5.41, 5.74) is 5.11. The monoisotopic (exact) mass is 791 g/mol. The van der Waals surface area contributed by atoms with E-state index in [1.54, 1.807) is 5.06 Å². The molecule has 0 radical (unpaired) electrons. The number of piperidine rings is 2. The highest BCUT2D eigenvalue weighted by Gasteiger charge is 2.32. The van der Waals surface area contributed by atoms with Gasteiger partial charge in [0.25, 0.3) is 0 Å². The largest absolute Gasteiger partial charge is 0.426 e. The molecule has 0 spiro atoms. The van der Waals surface area contributed by atoms with E-state index in [-0.39, 0.29) is 12.1 Å². The van der Waals surface area contributed by atoms with E-state index in [4.69, 9.17) is 9.82 Å². The van der Waals surface area contributed by atoms with Crippen LogP contribution in [0.15, 0.2) is 75.7 Å². The topological polar surface area (TPSA) is 95.0 Å². The summed E-state index contributed by atoms with van der Waals surface area (Å²) in [5, 5.41) is 8.02. The van der Waals surface area contributed by atoms with Gasteiger partial charge in [-0.15, -0.1) is 5.06 Å². The van der Waals surface area contributed by atoms with E-state index >= 15 is 0 Å². The van der Waals surface area contributed by atoms with Crippen molar-refractivity contribution in [2.45, 2.75) is 57.2 Å². The van der Waals surface area contributed by atoms with Crippen LogP contribution in [0.2, 0.25) is 0 Å². The first-order valence-corrected chi connectivity index (χ1v) is 18.9. The van der Waals surface area contributed by atoms with Gasteiger partial charge in [0.2, 0.25) is 0 Å². The number of hydrogen-bond donors (Lipinski definition) is 2. The summed E-state index contributed by atoms with van der Waals surface area (Å²) in [6.45, 7) is 4.78. The Balaban J connectivity index is 1.06. The summed E-state index contributed by atoms with van der Waals surface area (Å²) in [6.07, 6.45) is 4.56. The number of imidazole rings is 1. The molecule has 3 aliphatic rings. The predicted molar refractivity (Wildman–Crippen MR) is 198 cm³/mol. The van der Waals surface area contributed by atoms with Crippen LogP contribution in [0.4, 0.5) is 15.3 Å². The first-order valence-electron chi connectivity index (χ1n) is 17.3. The average Bonchev–Trinajstić information content (AvgIpc) is 3.37. The third-order valence-electron chi connectivity index (χ3n) is 10.2. The van der Waals surface area contributed by atoms with E-state index in [0.29, 0.717) is 32.0 Å². The van der Waals surface area contributed by atoms with Crippen LogP contribution < -0.4 is 10.6 Å². The molecule has 3 amide bonds. The first-order chi connectivity index (χ1) is 23.8. The molecule has 1 unspecified atom stereocenters. The molecule has 2 saturated heterocycles. The Bertz CT molecular complexity index is 1800. The fourth-order valence-electron chi connectivity index (χ4n) is 7.43. The first kappa shape index (κ1) is 34.0. The Labute approximate surface area is 304 Å². The van der Waals surface area contributed by atoms with Crippen LogP contribution in [-0.4, -0.2) is 82.4 Å². The van der Waals surface area contributed by atoms with Gasteiger partial charge in [-0.2, -0.15) is 0 Å². The minimum absolute atomic E-state index is 0.0624. The fraction of sp³-hybridized carbons (Fsp3) is 0.432. The average molecular weight is 794 g/mol. The van der Waals surface area contributed by atoms with Crippen LogP contribution in [0, 0.1) is 5.92 Å². The highest BCUT2D eigenvalue weighted by Crippen LogP contribution is 2.31. The lowest BCUT2D eigenvalue weighted by Crippen LogP contribution is -2.49. The van der Waals surface area contributed by atoms with Gasteiger partial charge in [-0.1, -0.05) is 36.4 Å². The smallest absolute Gasteiger partial charge is 0.351 e. The number of urea groups is 1. The predicted octanol–water partition coefficient (Wildman–Crippen LogP) is 7.38. The SMILES string of the molecule is CN1CCC(Cn2c(C(Cc3ccc(Br)c(Br)c3)NC(=O)ON3CCC(N4CCc5ccccc5NC4=O)CC3)nc3ccccc32)CC1. The number of hydrogen-bond acceptors (Lipinski definition) is 6. The number of carbonyl (C=O) groups excluding carboxylic acids is 2. The number of likely N-dealkylation sites (tertiary alicyclic amines) is 1. The summed E-state index contributed by atoms with van der Waals surface area (Å²) >= 11 is 7.24. The van der Waals surface area contributed by atoms with Crippen molar-refractivity contribution in [2.75, 3.05) is 45.1 Å². The van der Waals surface area contributed by atoms with E-state index in [2.05, 4.69) is 89.3 Å². The number of amides is 3. The molecule has 0 saturated carbocycles. The molecule has 3 aromatic carbocycles. The summed E-state index contributed by atoms with van der Waals surface area (Å²) in [7, 11) is 2.18. The number of halogens is 2. The zero-order valence-corrected chi connectivity index (χ0v) is 31.0. The highest BCUT2D eigenvalue weighted by atomic mass is 79.9. The van der Waals surface area contributed by atoms with Crippen LogP contribution >= 0.6 is 31.9 Å². The molecular formula is C37H43Br2N7O3. The third-order valence-corrected chi connectivity index (χ3v) is 12.1. The molecule has 1 atom stereocenters. The van der Waals surface area contributed by atoms with Gasteiger partial charge in [-0.3, -0.25) is 0 Å². The summed E-state index contributed by atoms with van der Waals surface area (Å²) < 4.78 is 4.25. The van der Waals surface area contributed by atoms with Gasteiger partial charge in [0.1, 0.15) is 5.82 Å². The van der Waals surface area contributed by atoms with Crippen LogP contribution in [0.25, 0.3) is 11.0 Å². The van der Waals surface area contributed by atoms with E-state index in [1.807, 2.05) is 41.3 Å². The number of anilines is 1. The van der Waals surface area contributed by atoms with Gasteiger partial charge < -0.3 is 29.8 Å². The summed E-state index contributed by atoms with van der Waals surface area (Å²) in [6, 6.07) is 22.0. The number of para-hydroxylation sites is 3. The quantitative estimate of drug-likeness (QED) is 0.194. The number of rotatable bonds is 8. The molecule has 4 heterocycles. The zero-order chi connectivity index (χ0) is 33.9. The van der Waals surface area contributed by atoms with Crippen LogP contribution in [0.3, 0.4) is 0 Å². The lowest BCUT2D eigenvalue weighted by molar-refractivity contribution is -0.120. The second-order valence-electron chi connectivity index (χ2n) is 13.5. The fourth-order valence-corrected chi connectivity index (χ4v) is 8.11. The maximum absolute atomic E-state index is 13.7. The molecule has 1 aromatic heterocycles. The van der Waals surface area contributed by atoms with Gasteiger partial charge >= 0.3 is 12.1 Å². The van der Waals surface area contributed by atoms with Crippen LogP contribution in [0.5, 0.6) is 0 Å². The summed E-state index contributed by atoms with van der Waals surface area (Å²) in [4.78, 5) is 42.2. The van der Waals surface area contributed by atoms with Crippen molar-refractivity contribution in [3.8, 4) is 0 Å². The van der Waals surface area contributed by atoms with Gasteiger partial charge in [0.05, 0.1) is 17.1 Å². The van der Waals surface area contributed by atoms with Gasteiger partial charge in [-0.25, -0.2) is 14.6 Å². The molecule has 2 fully saturated rings. The number of nitrogens with one attached hydrogen (secondary N) is 2. The maximum atomic E-state index is 13.7. The van der Waals surface area contributed by atoms with Crippen LogP contribution in [-0.2, 0) is 24.2 Å². The van der Waals surface area contributed by atoms with Crippen molar-refractivity contribution in [3.63, 3.8) is 0 Å². The zero-order valence-electron chi connectivity index (χ0n) is 27.8. The van der Waals surface area contributed by atoms with Crippen molar-refractivity contribution in [2.24, 2.45) is 5.92 Å². The van der Waals surface area contributed by atoms with Gasteiger partial charge in [0, 0.05) is 53.3 Å². The minimum atomic E-state index is -0.500. The number of hydroxylamine groups is 2. The number of aromatic nitrogens is 2. The van der Waals surface area contributed by atoms with Crippen molar-refractivity contribution >= 4 is 60.7 Å². The second-order valence-corrected chi connectivity index (χ2v) is 15.2. The lowest BCUT2D eigenvalue weighted by atomic mass is 9.96. The molecular weight excluding hydrogens is 750 g/mol. The number of nitrogens with zero attached hydrogens (tertiary/aromatic N) is 5. The van der Waals surface area contributed by atoms with E-state index in [1.165, 1.54) is 0 Å². The molecule has 258 valence electrons. The van der Waals surface area contributed by atoms with E-state index in [0.717, 1.165) is 94.4 Å². The normalized spacial score (nSPS) is 18.9. The molecule has 0 aliphatic carbocycles. The number of fused-ring (bicyclic) bond motifs is 2. The van der Waals surface area contributed by atoms with Gasteiger partial charge in [-0.05, 0) is 131 Å². The molecule has 49 heavy (non-hydrogen) atoms. The third kappa shape index (κ3) is 7.98. The van der Waals surface area contributed by atoms with Crippen molar-refractivity contribution in [1.82, 2.24) is 29.7 Å². The minimum Gasteiger partial charge on any atom is -0.351 e. The van der Waals surface area contributed by atoms with Gasteiger partial charge in [0.15, 0.2) is 0 Å². The Kier molecular flexibility index (Phi) is 10.6. The number of carbonyl (C=O) groups is 2. The van der Waals surface area contributed by atoms with E-state index in [9.17, 15) is 9.59 Å². The molecule has 3 aliphatic heterocycles.